The second kappa shape index (κ2) is 6.77. The number of nitrogens with zero attached hydrogens (tertiary/aromatic N) is 1. The molecule has 0 radical (unpaired) electrons. The molecule has 0 aromatic carbocycles. The standard InChI is InChI=1S/C16H30N2O3/c1-10(2)18(6)14(19)9-17-13-8-7-12(15(20)21)16(4,5)11(13)3/h10-13,17H,7-9H2,1-6H3,(H,20,21). The normalized spacial score (nSPS) is 28.4. The summed E-state index contributed by atoms with van der Waals surface area (Å²) in [6.45, 7) is 10.4. The first-order chi connectivity index (χ1) is 9.59. The highest BCUT2D eigenvalue weighted by molar-refractivity contribution is 5.78. The van der Waals surface area contributed by atoms with Crippen LogP contribution in [0.15, 0.2) is 0 Å². The molecule has 2 N–H and O–H groups in total. The lowest BCUT2D eigenvalue weighted by molar-refractivity contribution is -0.150. The van der Waals surface area contributed by atoms with Gasteiger partial charge in [-0.05, 0) is 38.0 Å². The van der Waals surface area contributed by atoms with Gasteiger partial charge in [0.25, 0.3) is 0 Å². The zero-order valence-corrected chi connectivity index (χ0v) is 14.1. The Morgan fingerprint density at radius 1 is 1.33 bits per heavy atom. The molecule has 0 aromatic rings. The van der Waals surface area contributed by atoms with Crippen molar-refractivity contribution < 1.29 is 14.7 Å². The maximum Gasteiger partial charge on any atom is 0.307 e. The SMILES string of the molecule is CC(C)N(C)C(=O)CNC1CCC(C(=O)O)C(C)(C)C1C. The molecule has 1 fully saturated rings. The summed E-state index contributed by atoms with van der Waals surface area (Å²) in [5.41, 5.74) is -0.269. The highest BCUT2D eigenvalue weighted by Crippen LogP contribution is 2.44. The minimum absolute atomic E-state index is 0.0790. The first-order valence-electron chi connectivity index (χ1n) is 7.80. The fourth-order valence-electron chi connectivity index (χ4n) is 3.16. The Hall–Kier alpha value is -1.10. The van der Waals surface area contributed by atoms with Crippen LogP contribution in [0.3, 0.4) is 0 Å². The number of carbonyl (C=O) groups excluding carboxylic acids is 1. The van der Waals surface area contributed by atoms with E-state index in [4.69, 9.17) is 0 Å². The lowest BCUT2D eigenvalue weighted by Gasteiger charge is -2.46. The summed E-state index contributed by atoms with van der Waals surface area (Å²) >= 11 is 0. The molecule has 1 rings (SSSR count). The molecule has 5 nitrogen and oxygen atoms in total. The summed E-state index contributed by atoms with van der Waals surface area (Å²) in [5, 5.41) is 12.7. The fourth-order valence-corrected chi connectivity index (χ4v) is 3.16. The Kier molecular flexibility index (Phi) is 5.79. The Morgan fingerprint density at radius 3 is 2.38 bits per heavy atom. The number of carboxylic acids is 1. The molecule has 1 saturated carbocycles. The van der Waals surface area contributed by atoms with E-state index in [1.54, 1.807) is 4.90 Å². The molecule has 0 aromatic heterocycles. The molecule has 1 amide bonds. The zero-order valence-electron chi connectivity index (χ0n) is 14.1. The Balaban J connectivity index is 2.63. The van der Waals surface area contributed by atoms with Crippen LogP contribution < -0.4 is 5.32 Å². The van der Waals surface area contributed by atoms with E-state index in [0.717, 1.165) is 6.42 Å². The molecular formula is C16H30N2O3. The number of carbonyl (C=O) groups is 2. The van der Waals surface area contributed by atoms with Crippen molar-refractivity contribution in [1.29, 1.82) is 0 Å². The number of hydrogen-bond donors (Lipinski definition) is 2. The van der Waals surface area contributed by atoms with Crippen molar-refractivity contribution in [3.8, 4) is 0 Å². The van der Waals surface area contributed by atoms with Crippen LogP contribution in [0.1, 0.15) is 47.5 Å². The van der Waals surface area contributed by atoms with E-state index in [0.29, 0.717) is 13.0 Å². The van der Waals surface area contributed by atoms with E-state index in [9.17, 15) is 14.7 Å². The summed E-state index contributed by atoms with van der Waals surface area (Å²) in [6.07, 6.45) is 1.47. The molecule has 0 aliphatic heterocycles. The third-order valence-corrected chi connectivity index (χ3v) is 5.42. The highest BCUT2D eigenvalue weighted by atomic mass is 16.4. The van der Waals surface area contributed by atoms with Crippen molar-refractivity contribution in [2.24, 2.45) is 17.3 Å². The topological polar surface area (TPSA) is 69.6 Å². The number of hydrogen-bond acceptors (Lipinski definition) is 3. The highest BCUT2D eigenvalue weighted by Gasteiger charge is 2.46. The van der Waals surface area contributed by atoms with Gasteiger partial charge in [0.1, 0.15) is 0 Å². The van der Waals surface area contributed by atoms with E-state index in [2.05, 4.69) is 12.2 Å². The monoisotopic (exact) mass is 298 g/mol. The van der Waals surface area contributed by atoms with Gasteiger partial charge in [-0.2, -0.15) is 0 Å². The number of amides is 1. The van der Waals surface area contributed by atoms with Gasteiger partial charge < -0.3 is 15.3 Å². The molecule has 0 bridgehead atoms. The van der Waals surface area contributed by atoms with Gasteiger partial charge in [0, 0.05) is 19.1 Å². The predicted octanol–water partition coefficient (Wildman–Crippen LogP) is 1.97. The number of aliphatic carboxylic acids is 1. The van der Waals surface area contributed by atoms with Crippen molar-refractivity contribution in [3.63, 3.8) is 0 Å². The van der Waals surface area contributed by atoms with Crippen LogP contribution >= 0.6 is 0 Å². The summed E-state index contributed by atoms with van der Waals surface area (Å²) < 4.78 is 0. The Morgan fingerprint density at radius 2 is 1.90 bits per heavy atom. The van der Waals surface area contributed by atoms with Gasteiger partial charge in [0.2, 0.25) is 5.91 Å². The van der Waals surface area contributed by atoms with Gasteiger partial charge in [0.15, 0.2) is 0 Å². The van der Waals surface area contributed by atoms with Crippen LogP contribution in [0.25, 0.3) is 0 Å². The van der Waals surface area contributed by atoms with Gasteiger partial charge in [-0.15, -0.1) is 0 Å². The van der Waals surface area contributed by atoms with Gasteiger partial charge >= 0.3 is 5.97 Å². The van der Waals surface area contributed by atoms with Crippen LogP contribution in [0.2, 0.25) is 0 Å². The van der Waals surface area contributed by atoms with Crippen molar-refractivity contribution >= 4 is 11.9 Å². The maximum atomic E-state index is 12.0. The van der Waals surface area contributed by atoms with E-state index in [1.165, 1.54) is 0 Å². The largest absolute Gasteiger partial charge is 0.481 e. The summed E-state index contributed by atoms with van der Waals surface area (Å²) in [7, 11) is 1.81. The Bertz CT molecular complexity index is 393. The summed E-state index contributed by atoms with van der Waals surface area (Å²) in [4.78, 5) is 25.1. The molecule has 5 heteroatoms. The van der Waals surface area contributed by atoms with E-state index >= 15 is 0 Å². The minimum Gasteiger partial charge on any atom is -0.481 e. The second-order valence-corrected chi connectivity index (χ2v) is 7.16. The van der Waals surface area contributed by atoms with Crippen LogP contribution in [0, 0.1) is 17.3 Å². The minimum atomic E-state index is -0.707. The third-order valence-electron chi connectivity index (χ3n) is 5.42. The van der Waals surface area contributed by atoms with Crippen molar-refractivity contribution in [1.82, 2.24) is 10.2 Å². The summed E-state index contributed by atoms with van der Waals surface area (Å²) in [5.74, 6) is -0.722. The van der Waals surface area contributed by atoms with E-state index in [1.807, 2.05) is 34.7 Å². The lowest BCUT2D eigenvalue weighted by atomic mass is 9.61. The van der Waals surface area contributed by atoms with Crippen LogP contribution in [-0.2, 0) is 9.59 Å². The molecule has 1 aliphatic carbocycles. The number of likely N-dealkylation sites (N-methyl/N-ethyl adjacent to an activating group) is 1. The van der Waals surface area contributed by atoms with Gasteiger partial charge in [-0.1, -0.05) is 20.8 Å². The predicted molar refractivity (Wildman–Crippen MR) is 83.0 cm³/mol. The van der Waals surface area contributed by atoms with Gasteiger partial charge in [-0.3, -0.25) is 9.59 Å². The molecule has 3 unspecified atom stereocenters. The van der Waals surface area contributed by atoms with Crippen molar-refractivity contribution in [2.75, 3.05) is 13.6 Å². The van der Waals surface area contributed by atoms with Crippen LogP contribution in [-0.4, -0.2) is 47.6 Å². The molecule has 3 atom stereocenters. The number of rotatable bonds is 5. The molecular weight excluding hydrogens is 268 g/mol. The van der Waals surface area contributed by atoms with Crippen molar-refractivity contribution in [3.05, 3.63) is 0 Å². The second-order valence-electron chi connectivity index (χ2n) is 7.16. The molecule has 0 spiro atoms. The quantitative estimate of drug-likeness (QED) is 0.814. The lowest BCUT2D eigenvalue weighted by Crippen LogP contribution is -2.53. The smallest absolute Gasteiger partial charge is 0.307 e. The maximum absolute atomic E-state index is 12.0. The van der Waals surface area contributed by atoms with Gasteiger partial charge in [-0.25, -0.2) is 0 Å². The van der Waals surface area contributed by atoms with Crippen LogP contribution in [0.4, 0.5) is 0 Å². The summed E-state index contributed by atoms with van der Waals surface area (Å²) in [6, 6.07) is 0.385. The average molecular weight is 298 g/mol. The third kappa shape index (κ3) is 3.96. The molecule has 122 valence electrons. The number of carboxylic acid groups (broad SMARTS) is 1. The van der Waals surface area contributed by atoms with Crippen molar-refractivity contribution in [2.45, 2.75) is 59.5 Å². The van der Waals surface area contributed by atoms with Crippen LogP contribution in [0.5, 0.6) is 0 Å². The fraction of sp³-hybridized carbons (Fsp3) is 0.875. The molecule has 0 heterocycles. The molecule has 1 aliphatic rings. The first kappa shape index (κ1) is 18.0. The molecule has 0 saturated heterocycles. The number of nitrogens with one attached hydrogen (secondary N) is 1. The first-order valence-corrected chi connectivity index (χ1v) is 7.80. The van der Waals surface area contributed by atoms with E-state index in [-0.39, 0.29) is 35.2 Å². The van der Waals surface area contributed by atoms with Gasteiger partial charge in [0.05, 0.1) is 12.5 Å². The zero-order chi connectivity index (χ0) is 16.4. The Labute approximate surface area is 128 Å². The van der Waals surface area contributed by atoms with E-state index < -0.39 is 5.97 Å². The molecule has 21 heavy (non-hydrogen) atoms. The average Bonchev–Trinajstić information content (AvgIpc) is 2.38.